The fourth-order valence-corrected chi connectivity index (χ4v) is 5.04. The minimum absolute atomic E-state index is 0.0776. The van der Waals surface area contributed by atoms with Crippen LogP contribution in [0.25, 0.3) is 11.3 Å². The number of hydrogen-bond donors (Lipinski definition) is 2. The van der Waals surface area contributed by atoms with Crippen molar-refractivity contribution < 1.29 is 4.79 Å². The highest BCUT2D eigenvalue weighted by molar-refractivity contribution is 6.05. The number of nitrogens with zero attached hydrogens (tertiary/aromatic N) is 6. The number of anilines is 3. The normalized spacial score (nSPS) is 18.1. The molecule has 33 heavy (non-hydrogen) atoms. The lowest BCUT2D eigenvalue weighted by molar-refractivity contribution is 0.0966. The minimum atomic E-state index is -0.0776. The number of rotatable bonds is 4. The smallest absolute Gasteiger partial charge is 0.254 e. The maximum absolute atomic E-state index is 12.7. The molecule has 1 amide bonds. The highest BCUT2D eigenvalue weighted by Crippen LogP contribution is 2.35. The van der Waals surface area contributed by atoms with Crippen LogP contribution in [0.5, 0.6) is 0 Å². The summed E-state index contributed by atoms with van der Waals surface area (Å²) >= 11 is 0. The third-order valence-corrected chi connectivity index (χ3v) is 6.95. The predicted molar refractivity (Wildman–Crippen MR) is 127 cm³/mol. The Bertz CT molecular complexity index is 1190. The zero-order chi connectivity index (χ0) is 22.4. The molecule has 0 saturated carbocycles. The number of hydrogen-bond acceptors (Lipinski definition) is 7. The van der Waals surface area contributed by atoms with Crippen molar-refractivity contribution in [1.82, 2.24) is 30.0 Å². The van der Waals surface area contributed by atoms with Crippen LogP contribution in [0, 0.1) is 0 Å². The third-order valence-electron chi connectivity index (χ3n) is 6.95. The lowest BCUT2D eigenvalue weighted by Gasteiger charge is -2.33. The number of carbonyl (C=O) groups excluding carboxylic acids is 1. The molecule has 2 N–H and O–H groups in total. The second-order valence-corrected chi connectivity index (χ2v) is 9.06. The molecular formula is C24H28N8O. The highest BCUT2D eigenvalue weighted by Gasteiger charge is 2.29. The van der Waals surface area contributed by atoms with Crippen LogP contribution in [-0.4, -0.2) is 63.8 Å². The molecule has 9 nitrogen and oxygen atoms in total. The average molecular weight is 445 g/mol. The van der Waals surface area contributed by atoms with E-state index in [-0.39, 0.29) is 5.91 Å². The molecule has 3 aromatic rings. The van der Waals surface area contributed by atoms with Gasteiger partial charge in [0.2, 0.25) is 0 Å². The SMILES string of the molecule is CN1CCN(c2ccc(Nc3cnc(-c4cnn5c4CCCC5)c4c3C(=O)NC4)nc2)CC1. The minimum Gasteiger partial charge on any atom is -0.368 e. The molecule has 1 saturated heterocycles. The molecule has 0 atom stereocenters. The van der Waals surface area contributed by atoms with Gasteiger partial charge < -0.3 is 20.4 Å². The Morgan fingerprint density at radius 2 is 1.88 bits per heavy atom. The summed E-state index contributed by atoms with van der Waals surface area (Å²) in [5.41, 5.74) is 6.51. The number of fused-ring (bicyclic) bond motifs is 2. The van der Waals surface area contributed by atoms with Gasteiger partial charge >= 0.3 is 0 Å². The first-order valence-corrected chi connectivity index (χ1v) is 11.7. The molecule has 0 radical (unpaired) electrons. The molecule has 0 unspecified atom stereocenters. The van der Waals surface area contributed by atoms with Gasteiger partial charge in [-0.05, 0) is 38.4 Å². The van der Waals surface area contributed by atoms with Crippen molar-refractivity contribution in [1.29, 1.82) is 0 Å². The van der Waals surface area contributed by atoms with Crippen molar-refractivity contribution in [3.05, 3.63) is 47.5 Å². The summed E-state index contributed by atoms with van der Waals surface area (Å²) in [5, 5.41) is 10.9. The lowest BCUT2D eigenvalue weighted by Crippen LogP contribution is -2.44. The first-order chi connectivity index (χ1) is 16.2. The molecule has 6 rings (SSSR count). The second kappa shape index (κ2) is 8.15. The Labute approximate surface area is 192 Å². The quantitative estimate of drug-likeness (QED) is 0.639. The van der Waals surface area contributed by atoms with Crippen LogP contribution < -0.4 is 15.5 Å². The van der Waals surface area contributed by atoms with Crippen molar-refractivity contribution >= 4 is 23.1 Å². The maximum Gasteiger partial charge on any atom is 0.254 e. The molecule has 170 valence electrons. The van der Waals surface area contributed by atoms with Gasteiger partial charge in [-0.25, -0.2) is 4.98 Å². The van der Waals surface area contributed by atoms with E-state index in [2.05, 4.69) is 48.3 Å². The van der Waals surface area contributed by atoms with Gasteiger partial charge in [-0.1, -0.05) is 0 Å². The zero-order valence-corrected chi connectivity index (χ0v) is 18.8. The molecule has 0 aliphatic carbocycles. The van der Waals surface area contributed by atoms with Crippen LogP contribution in [0.1, 0.15) is 34.5 Å². The van der Waals surface area contributed by atoms with Crippen molar-refractivity contribution in [2.75, 3.05) is 43.4 Å². The number of aromatic nitrogens is 4. The lowest BCUT2D eigenvalue weighted by atomic mass is 9.99. The van der Waals surface area contributed by atoms with Crippen molar-refractivity contribution in [3.8, 4) is 11.3 Å². The highest BCUT2D eigenvalue weighted by atomic mass is 16.1. The molecule has 3 aromatic heterocycles. The fraction of sp³-hybridized carbons (Fsp3) is 0.417. The van der Waals surface area contributed by atoms with Crippen LogP contribution in [0.3, 0.4) is 0 Å². The van der Waals surface area contributed by atoms with Gasteiger partial charge in [0.1, 0.15) is 5.82 Å². The summed E-state index contributed by atoms with van der Waals surface area (Å²) in [6.07, 6.45) is 8.86. The molecule has 0 spiro atoms. The van der Waals surface area contributed by atoms with E-state index >= 15 is 0 Å². The third kappa shape index (κ3) is 3.62. The van der Waals surface area contributed by atoms with Crippen molar-refractivity contribution in [3.63, 3.8) is 0 Å². The number of piperazine rings is 1. The van der Waals surface area contributed by atoms with Crippen molar-refractivity contribution in [2.24, 2.45) is 0 Å². The van der Waals surface area contributed by atoms with Crippen LogP contribution in [-0.2, 0) is 19.5 Å². The number of amides is 1. The van der Waals surface area contributed by atoms with E-state index in [1.54, 1.807) is 6.20 Å². The molecule has 3 aliphatic rings. The fourth-order valence-electron chi connectivity index (χ4n) is 5.04. The zero-order valence-electron chi connectivity index (χ0n) is 18.8. The summed E-state index contributed by atoms with van der Waals surface area (Å²) in [4.78, 5) is 26.8. The molecular weight excluding hydrogens is 416 g/mol. The predicted octanol–water partition coefficient (Wildman–Crippen LogP) is 2.42. The van der Waals surface area contributed by atoms with Gasteiger partial charge in [-0.3, -0.25) is 14.5 Å². The van der Waals surface area contributed by atoms with Gasteiger partial charge in [0.05, 0.1) is 41.2 Å². The maximum atomic E-state index is 12.7. The monoisotopic (exact) mass is 444 g/mol. The van der Waals surface area contributed by atoms with E-state index in [9.17, 15) is 4.79 Å². The standard InChI is InChI=1S/C24H28N8O/c1-30-8-10-31(11-9-30)16-5-6-21(25-12-16)29-19-15-26-23(18-13-27-24(33)22(18)19)17-14-28-32-7-3-2-4-20(17)32/h5-6,12,14-15H,2-4,7-11,13H2,1H3,(H,25,29)(H,27,33). The largest absolute Gasteiger partial charge is 0.368 e. The molecule has 9 heteroatoms. The van der Waals surface area contributed by atoms with E-state index in [0.717, 1.165) is 74.5 Å². The second-order valence-electron chi connectivity index (χ2n) is 9.06. The van der Waals surface area contributed by atoms with Gasteiger partial charge in [-0.2, -0.15) is 5.10 Å². The van der Waals surface area contributed by atoms with Crippen LogP contribution in [0.15, 0.2) is 30.7 Å². The average Bonchev–Trinajstić information content (AvgIpc) is 3.45. The van der Waals surface area contributed by atoms with Crippen LogP contribution in [0.2, 0.25) is 0 Å². The first-order valence-electron chi connectivity index (χ1n) is 11.7. The van der Waals surface area contributed by atoms with Gasteiger partial charge in [-0.15, -0.1) is 0 Å². The van der Waals surface area contributed by atoms with Crippen LogP contribution in [0.4, 0.5) is 17.2 Å². The Morgan fingerprint density at radius 3 is 2.70 bits per heavy atom. The van der Waals surface area contributed by atoms with E-state index in [1.165, 1.54) is 5.69 Å². The molecule has 0 aromatic carbocycles. The molecule has 0 bridgehead atoms. The van der Waals surface area contributed by atoms with Gasteiger partial charge in [0.15, 0.2) is 0 Å². The topological polar surface area (TPSA) is 91.2 Å². The van der Waals surface area contributed by atoms with Gasteiger partial charge in [0.25, 0.3) is 5.91 Å². The number of pyridine rings is 2. The van der Waals surface area contributed by atoms with Gasteiger partial charge in [0, 0.05) is 56.1 Å². The summed E-state index contributed by atoms with van der Waals surface area (Å²) in [6, 6.07) is 4.05. The van der Waals surface area contributed by atoms with E-state index in [4.69, 9.17) is 4.98 Å². The van der Waals surface area contributed by atoms with E-state index < -0.39 is 0 Å². The number of likely N-dealkylation sites (N-methyl/N-ethyl adjacent to an activating group) is 1. The number of nitrogens with one attached hydrogen (secondary N) is 2. The number of aryl methyl sites for hydroxylation is 1. The Balaban J connectivity index is 1.28. The summed E-state index contributed by atoms with van der Waals surface area (Å²) in [7, 11) is 2.15. The molecule has 1 fully saturated rings. The Kier molecular flexibility index (Phi) is 4.98. The first kappa shape index (κ1) is 20.2. The Hall–Kier alpha value is -3.46. The number of carbonyl (C=O) groups is 1. The molecule has 6 heterocycles. The van der Waals surface area contributed by atoms with Crippen LogP contribution >= 0.6 is 0 Å². The summed E-state index contributed by atoms with van der Waals surface area (Å²) in [5.74, 6) is 0.624. The van der Waals surface area contributed by atoms with Crippen molar-refractivity contribution in [2.45, 2.75) is 32.4 Å². The van der Waals surface area contributed by atoms with E-state index in [0.29, 0.717) is 23.6 Å². The molecule has 3 aliphatic heterocycles. The van der Waals surface area contributed by atoms with E-state index in [1.807, 2.05) is 18.5 Å². The summed E-state index contributed by atoms with van der Waals surface area (Å²) in [6.45, 7) is 5.54. The Morgan fingerprint density at radius 1 is 1.00 bits per heavy atom. The summed E-state index contributed by atoms with van der Waals surface area (Å²) < 4.78 is 2.08.